The number of likely N-dealkylation sites (tertiary alicyclic amines) is 1. The molecule has 4 aromatic rings. The van der Waals surface area contributed by atoms with Crippen molar-refractivity contribution in [3.05, 3.63) is 47.1 Å². The van der Waals surface area contributed by atoms with Crippen LogP contribution in [-0.4, -0.2) is 74.9 Å². The van der Waals surface area contributed by atoms with Crippen molar-refractivity contribution in [2.24, 2.45) is 0 Å². The number of hydrogen-bond acceptors (Lipinski definition) is 10. The molecule has 1 unspecified atom stereocenters. The first-order chi connectivity index (χ1) is 21.1. The van der Waals surface area contributed by atoms with Gasteiger partial charge in [-0.2, -0.15) is 10.1 Å². The van der Waals surface area contributed by atoms with E-state index in [4.69, 9.17) is 36.1 Å². The van der Waals surface area contributed by atoms with Gasteiger partial charge < -0.3 is 14.4 Å². The van der Waals surface area contributed by atoms with Crippen molar-refractivity contribution in [3.8, 4) is 17.3 Å². The van der Waals surface area contributed by atoms with E-state index in [9.17, 15) is 12.8 Å². The average Bonchev–Trinajstić information content (AvgIpc) is 3.35. The molecule has 1 N–H and O–H groups in total. The Kier molecular flexibility index (Phi) is 8.68. The average molecular weight is 645 g/mol. The molecule has 12 nitrogen and oxygen atoms in total. The van der Waals surface area contributed by atoms with Crippen molar-refractivity contribution in [1.82, 2.24) is 34.6 Å². The summed E-state index contributed by atoms with van der Waals surface area (Å²) in [6.45, 7) is 8.81. The summed E-state index contributed by atoms with van der Waals surface area (Å²) in [5.74, 6) is -0.483. The summed E-state index contributed by atoms with van der Waals surface area (Å²) in [4.78, 5) is 19.8. The number of hydrogen-bond donors (Lipinski definition) is 1. The van der Waals surface area contributed by atoms with Crippen LogP contribution in [0.3, 0.4) is 0 Å². The van der Waals surface area contributed by atoms with Crippen molar-refractivity contribution >= 4 is 38.6 Å². The normalized spacial score (nSPS) is 18.6. The highest BCUT2D eigenvalue weighted by molar-refractivity contribution is 7.92. The lowest BCUT2D eigenvalue weighted by molar-refractivity contribution is -0.0371. The molecule has 3 aromatic heterocycles. The molecule has 0 radical (unpaired) electrons. The first-order valence-corrected chi connectivity index (χ1v) is 16.5. The molecule has 0 spiro atoms. The summed E-state index contributed by atoms with van der Waals surface area (Å²) >= 11 is 5.88. The number of benzene rings is 1. The minimum absolute atomic E-state index is 0.0236. The molecular weight excluding hydrogens is 611 g/mol. The standard InChI is InChI=1S/C29H34ClFN8O4S/c1-17(2)38-11-9-21(10-12-38)43-28-25-18(3)36-39(24-6-4-5-13-42-24)27(25)34-26(35-28)19-15-32-29(33-16-19)37-44(40,41)23-14-20(30)7-8-22(23)31/h7-8,14-17,21,24H,4-6,9-13H2,1-3H3,(H,32,33,37). The maximum atomic E-state index is 14.2. The number of nitrogens with one attached hydrogen (secondary N) is 1. The summed E-state index contributed by atoms with van der Waals surface area (Å²) in [5, 5.41) is 5.59. The minimum Gasteiger partial charge on any atom is -0.474 e. The van der Waals surface area contributed by atoms with Crippen LogP contribution in [0.1, 0.15) is 57.9 Å². The van der Waals surface area contributed by atoms with E-state index in [0.717, 1.165) is 68.4 Å². The Morgan fingerprint density at radius 1 is 1.11 bits per heavy atom. The van der Waals surface area contributed by atoms with Gasteiger partial charge in [-0.05, 0) is 71.1 Å². The predicted octanol–water partition coefficient (Wildman–Crippen LogP) is 5.14. The Hall–Kier alpha value is -3.46. The van der Waals surface area contributed by atoms with Crippen LogP contribution in [0.15, 0.2) is 35.5 Å². The minimum atomic E-state index is -4.34. The van der Waals surface area contributed by atoms with Gasteiger partial charge in [0.25, 0.3) is 10.0 Å². The second kappa shape index (κ2) is 12.5. The maximum Gasteiger partial charge on any atom is 0.267 e. The molecule has 0 aliphatic carbocycles. The summed E-state index contributed by atoms with van der Waals surface area (Å²) < 4.78 is 56.4. The van der Waals surface area contributed by atoms with Crippen LogP contribution in [-0.2, 0) is 14.8 Å². The van der Waals surface area contributed by atoms with E-state index in [-0.39, 0.29) is 23.3 Å². The number of sulfonamides is 1. The number of halogens is 2. The molecule has 0 bridgehead atoms. The number of ether oxygens (including phenoxy) is 2. The monoisotopic (exact) mass is 644 g/mol. The maximum absolute atomic E-state index is 14.2. The van der Waals surface area contributed by atoms with E-state index >= 15 is 0 Å². The number of fused-ring (bicyclic) bond motifs is 1. The highest BCUT2D eigenvalue weighted by Gasteiger charge is 2.28. The van der Waals surface area contributed by atoms with Gasteiger partial charge in [0, 0.05) is 43.2 Å². The SMILES string of the molecule is Cc1nn(C2CCCCO2)c2nc(-c3cnc(NS(=O)(=O)c4cc(Cl)ccc4F)nc3)nc(OC3CCN(C(C)C)CC3)c12. The summed E-state index contributed by atoms with van der Waals surface area (Å²) in [5.41, 5.74) is 1.75. The fourth-order valence-corrected chi connectivity index (χ4v) is 6.82. The Balaban J connectivity index is 1.33. The van der Waals surface area contributed by atoms with Crippen molar-refractivity contribution < 1.29 is 22.3 Å². The molecule has 0 amide bonds. The van der Waals surface area contributed by atoms with Crippen molar-refractivity contribution in [1.29, 1.82) is 0 Å². The van der Waals surface area contributed by atoms with Gasteiger partial charge >= 0.3 is 0 Å². The Bertz CT molecular complexity index is 1760. The molecule has 2 saturated heterocycles. The lowest BCUT2D eigenvalue weighted by atomic mass is 10.1. The van der Waals surface area contributed by atoms with Crippen LogP contribution in [0.4, 0.5) is 10.3 Å². The van der Waals surface area contributed by atoms with Crippen molar-refractivity contribution in [2.45, 2.75) is 76.1 Å². The molecule has 2 aliphatic heterocycles. The third-order valence-corrected chi connectivity index (χ3v) is 9.50. The van der Waals surface area contributed by atoms with Crippen LogP contribution in [0.25, 0.3) is 22.4 Å². The van der Waals surface area contributed by atoms with Crippen LogP contribution in [0, 0.1) is 12.7 Å². The summed E-state index contributed by atoms with van der Waals surface area (Å²) in [7, 11) is -4.34. The molecule has 5 heterocycles. The molecule has 44 heavy (non-hydrogen) atoms. The lowest BCUT2D eigenvalue weighted by Gasteiger charge is -2.34. The van der Waals surface area contributed by atoms with Gasteiger partial charge in [-0.15, -0.1) is 0 Å². The van der Waals surface area contributed by atoms with Gasteiger partial charge in [0.05, 0.1) is 11.3 Å². The summed E-state index contributed by atoms with van der Waals surface area (Å²) in [6.07, 6.45) is 7.07. The largest absolute Gasteiger partial charge is 0.474 e. The topological polar surface area (TPSA) is 137 Å². The number of aryl methyl sites for hydroxylation is 1. The Morgan fingerprint density at radius 2 is 1.86 bits per heavy atom. The van der Waals surface area contributed by atoms with E-state index in [1.807, 2.05) is 6.92 Å². The third kappa shape index (κ3) is 6.34. The summed E-state index contributed by atoms with van der Waals surface area (Å²) in [6, 6.07) is 3.73. The number of rotatable bonds is 8. The number of piperidine rings is 1. The van der Waals surface area contributed by atoms with Gasteiger partial charge in [0.2, 0.25) is 11.8 Å². The van der Waals surface area contributed by atoms with Crippen molar-refractivity contribution in [3.63, 3.8) is 0 Å². The quantitative estimate of drug-likeness (QED) is 0.275. The third-order valence-electron chi connectivity index (χ3n) is 7.93. The van der Waals surface area contributed by atoms with E-state index in [1.54, 1.807) is 4.68 Å². The van der Waals surface area contributed by atoms with Gasteiger partial charge in [-0.1, -0.05) is 11.6 Å². The molecule has 2 aliphatic rings. The van der Waals surface area contributed by atoms with Crippen LogP contribution < -0.4 is 9.46 Å². The Morgan fingerprint density at radius 3 is 2.55 bits per heavy atom. The molecular formula is C29H34ClFN8O4S. The molecule has 1 atom stereocenters. The Labute approximate surface area is 260 Å². The van der Waals surface area contributed by atoms with E-state index < -0.39 is 20.7 Å². The number of nitrogens with zero attached hydrogens (tertiary/aromatic N) is 7. The molecule has 234 valence electrons. The van der Waals surface area contributed by atoms with Crippen LogP contribution >= 0.6 is 11.6 Å². The highest BCUT2D eigenvalue weighted by Crippen LogP contribution is 2.34. The zero-order valence-corrected chi connectivity index (χ0v) is 26.3. The molecule has 2 fully saturated rings. The predicted molar refractivity (Wildman–Crippen MR) is 163 cm³/mol. The molecule has 15 heteroatoms. The molecule has 1 aromatic carbocycles. The van der Waals surface area contributed by atoms with E-state index in [2.05, 4.69) is 33.4 Å². The van der Waals surface area contributed by atoms with Gasteiger partial charge in [0.15, 0.2) is 17.7 Å². The van der Waals surface area contributed by atoms with Gasteiger partial charge in [-0.3, -0.25) is 0 Å². The fraction of sp³-hybridized carbons (Fsp3) is 0.483. The zero-order chi connectivity index (χ0) is 31.0. The molecule has 6 rings (SSSR count). The second-order valence-corrected chi connectivity index (χ2v) is 13.4. The first-order valence-electron chi connectivity index (χ1n) is 14.7. The van der Waals surface area contributed by atoms with E-state index in [0.29, 0.717) is 35.6 Å². The zero-order valence-electron chi connectivity index (χ0n) is 24.7. The van der Waals surface area contributed by atoms with E-state index in [1.165, 1.54) is 18.5 Å². The van der Waals surface area contributed by atoms with Crippen LogP contribution in [0.2, 0.25) is 5.02 Å². The fourth-order valence-electron chi connectivity index (χ4n) is 5.52. The van der Waals surface area contributed by atoms with Crippen molar-refractivity contribution in [2.75, 3.05) is 24.4 Å². The molecule has 0 saturated carbocycles. The van der Waals surface area contributed by atoms with Gasteiger partial charge in [-0.25, -0.2) is 37.2 Å². The number of anilines is 1. The highest BCUT2D eigenvalue weighted by atomic mass is 35.5. The van der Waals surface area contributed by atoms with Gasteiger partial charge in [0.1, 0.15) is 22.2 Å². The first kappa shape index (κ1) is 30.6. The second-order valence-electron chi connectivity index (χ2n) is 11.3. The van der Waals surface area contributed by atoms with Crippen LogP contribution in [0.5, 0.6) is 5.88 Å². The number of aromatic nitrogens is 6. The smallest absolute Gasteiger partial charge is 0.267 e. The lowest BCUT2D eigenvalue weighted by Crippen LogP contribution is -2.41.